The molecule has 2 N–H and O–H groups in total. The number of nitrogens with one attached hydrogen (secondary N) is 2. The number of amides is 3. The monoisotopic (exact) mass is 335 g/mol. The lowest BCUT2D eigenvalue weighted by molar-refractivity contribution is -0.124. The Labute approximate surface area is 142 Å². The second-order valence-corrected chi connectivity index (χ2v) is 6.48. The largest absolute Gasteiger partial charge is 0.335 e. The lowest BCUT2D eigenvalue weighted by Gasteiger charge is -2.25. The highest BCUT2D eigenvalue weighted by Gasteiger charge is 2.22. The van der Waals surface area contributed by atoms with Crippen molar-refractivity contribution in [2.75, 3.05) is 7.05 Å². The number of hydrogen-bond acceptors (Lipinski definition) is 3. The summed E-state index contributed by atoms with van der Waals surface area (Å²) in [6.07, 6.45) is 5.35. The van der Waals surface area contributed by atoms with Gasteiger partial charge in [-0.05, 0) is 32.9 Å². The van der Waals surface area contributed by atoms with Gasteiger partial charge in [-0.25, -0.2) is 9.18 Å². The maximum Gasteiger partial charge on any atom is 0.321 e. The third-order valence-electron chi connectivity index (χ3n) is 4.60. The quantitative estimate of drug-likeness (QED) is 0.870. The number of carbonyl (C=O) groups excluding carboxylic acids is 2. The SMILES string of the molecule is CC(C(=O)NC(=O)NC1CCCCC1)N(C)Cc1ccccc1F. The fourth-order valence-corrected chi connectivity index (χ4v) is 2.92. The van der Waals surface area contributed by atoms with Crippen molar-refractivity contribution >= 4 is 11.9 Å². The summed E-state index contributed by atoms with van der Waals surface area (Å²) in [5.74, 6) is -0.686. The van der Waals surface area contributed by atoms with Gasteiger partial charge in [-0.3, -0.25) is 15.0 Å². The maximum atomic E-state index is 13.7. The molecule has 1 aliphatic carbocycles. The summed E-state index contributed by atoms with van der Waals surface area (Å²) in [5, 5.41) is 5.24. The van der Waals surface area contributed by atoms with Crippen molar-refractivity contribution in [1.82, 2.24) is 15.5 Å². The predicted octanol–water partition coefficient (Wildman–Crippen LogP) is 2.80. The first-order valence-corrected chi connectivity index (χ1v) is 8.52. The Morgan fingerprint density at radius 3 is 2.58 bits per heavy atom. The molecule has 0 aromatic heterocycles. The van der Waals surface area contributed by atoms with Crippen LogP contribution in [-0.2, 0) is 11.3 Å². The van der Waals surface area contributed by atoms with E-state index in [0.717, 1.165) is 25.7 Å². The molecule has 0 bridgehead atoms. The van der Waals surface area contributed by atoms with Crippen molar-refractivity contribution in [2.45, 2.75) is 57.7 Å². The summed E-state index contributed by atoms with van der Waals surface area (Å²) in [5.41, 5.74) is 0.520. The molecule has 0 aliphatic heterocycles. The minimum Gasteiger partial charge on any atom is -0.335 e. The Hall–Kier alpha value is -1.95. The van der Waals surface area contributed by atoms with Crippen molar-refractivity contribution in [1.29, 1.82) is 0 Å². The minimum atomic E-state index is -0.540. The van der Waals surface area contributed by atoms with Crippen LogP contribution in [0.5, 0.6) is 0 Å². The number of nitrogens with zero attached hydrogens (tertiary/aromatic N) is 1. The Kier molecular flexibility index (Phi) is 6.73. The molecule has 6 heteroatoms. The average Bonchev–Trinajstić information content (AvgIpc) is 2.57. The Balaban J connectivity index is 1.82. The number of urea groups is 1. The number of benzene rings is 1. The van der Waals surface area contributed by atoms with Gasteiger partial charge in [0.25, 0.3) is 0 Å². The number of rotatable bonds is 5. The number of halogens is 1. The van der Waals surface area contributed by atoms with E-state index >= 15 is 0 Å². The first-order valence-electron chi connectivity index (χ1n) is 8.52. The number of imide groups is 1. The Morgan fingerprint density at radius 2 is 1.92 bits per heavy atom. The van der Waals surface area contributed by atoms with Gasteiger partial charge in [-0.15, -0.1) is 0 Å². The summed E-state index contributed by atoms with van der Waals surface area (Å²) in [6, 6.07) is 5.63. The number of carbonyl (C=O) groups is 2. The van der Waals surface area contributed by atoms with Gasteiger partial charge in [0, 0.05) is 18.2 Å². The van der Waals surface area contributed by atoms with Crippen LogP contribution < -0.4 is 10.6 Å². The summed E-state index contributed by atoms with van der Waals surface area (Å²) >= 11 is 0. The van der Waals surface area contributed by atoms with Gasteiger partial charge in [-0.1, -0.05) is 37.5 Å². The van der Waals surface area contributed by atoms with Crippen LogP contribution in [0.3, 0.4) is 0 Å². The Morgan fingerprint density at radius 1 is 1.25 bits per heavy atom. The number of hydrogen-bond donors (Lipinski definition) is 2. The molecule has 1 aromatic carbocycles. The van der Waals surface area contributed by atoms with Crippen LogP contribution in [0.1, 0.15) is 44.6 Å². The molecule has 0 radical (unpaired) electrons. The molecule has 5 nitrogen and oxygen atoms in total. The van der Waals surface area contributed by atoms with E-state index in [4.69, 9.17) is 0 Å². The minimum absolute atomic E-state index is 0.151. The van der Waals surface area contributed by atoms with Crippen molar-refractivity contribution in [2.24, 2.45) is 0 Å². The van der Waals surface area contributed by atoms with Crippen LogP contribution in [0.25, 0.3) is 0 Å². The molecule has 24 heavy (non-hydrogen) atoms. The van der Waals surface area contributed by atoms with Crippen LogP contribution >= 0.6 is 0 Å². The molecule has 1 aliphatic rings. The van der Waals surface area contributed by atoms with Crippen molar-refractivity contribution in [3.63, 3.8) is 0 Å². The van der Waals surface area contributed by atoms with Crippen LogP contribution in [-0.4, -0.2) is 36.0 Å². The van der Waals surface area contributed by atoms with E-state index in [0.29, 0.717) is 12.1 Å². The van der Waals surface area contributed by atoms with E-state index in [9.17, 15) is 14.0 Å². The van der Waals surface area contributed by atoms with Gasteiger partial charge in [0.05, 0.1) is 6.04 Å². The zero-order chi connectivity index (χ0) is 17.5. The molecular weight excluding hydrogens is 309 g/mol. The van der Waals surface area contributed by atoms with Crippen molar-refractivity contribution in [3.05, 3.63) is 35.6 Å². The molecule has 1 fully saturated rings. The summed E-state index contributed by atoms with van der Waals surface area (Å²) < 4.78 is 13.7. The molecule has 0 saturated heterocycles. The van der Waals surface area contributed by atoms with Gasteiger partial charge in [0.15, 0.2) is 0 Å². The fourth-order valence-electron chi connectivity index (χ4n) is 2.92. The van der Waals surface area contributed by atoms with Crippen molar-refractivity contribution in [3.8, 4) is 0 Å². The summed E-state index contributed by atoms with van der Waals surface area (Å²) in [4.78, 5) is 25.9. The zero-order valence-corrected chi connectivity index (χ0v) is 14.3. The maximum absolute atomic E-state index is 13.7. The first-order chi connectivity index (χ1) is 11.5. The normalized spacial score (nSPS) is 16.7. The molecule has 1 saturated carbocycles. The second kappa shape index (κ2) is 8.78. The highest BCUT2D eigenvalue weighted by molar-refractivity contribution is 5.96. The molecule has 2 rings (SSSR count). The average molecular weight is 335 g/mol. The standard InChI is InChI=1S/C18H26FN3O2/c1-13(22(2)12-14-8-6-7-11-16(14)19)17(23)21-18(24)20-15-9-4-3-5-10-15/h6-8,11,13,15H,3-5,9-10,12H2,1-2H3,(H2,20,21,23,24). The second-order valence-electron chi connectivity index (χ2n) is 6.48. The van der Waals surface area contributed by atoms with E-state index in [2.05, 4.69) is 10.6 Å². The topological polar surface area (TPSA) is 61.4 Å². The smallest absolute Gasteiger partial charge is 0.321 e. The van der Waals surface area contributed by atoms with Crippen LogP contribution in [0, 0.1) is 5.82 Å². The van der Waals surface area contributed by atoms with E-state index < -0.39 is 12.1 Å². The third-order valence-corrected chi connectivity index (χ3v) is 4.60. The van der Waals surface area contributed by atoms with Gasteiger partial charge in [-0.2, -0.15) is 0 Å². The van der Waals surface area contributed by atoms with Gasteiger partial charge < -0.3 is 5.32 Å². The summed E-state index contributed by atoms with van der Waals surface area (Å²) in [7, 11) is 1.73. The molecule has 1 aromatic rings. The molecule has 132 valence electrons. The van der Waals surface area contributed by atoms with Crippen LogP contribution in [0.15, 0.2) is 24.3 Å². The fraction of sp³-hybridized carbons (Fsp3) is 0.556. The van der Waals surface area contributed by atoms with E-state index in [1.54, 1.807) is 37.1 Å². The molecule has 1 atom stereocenters. The van der Waals surface area contributed by atoms with Crippen molar-refractivity contribution < 1.29 is 14.0 Å². The zero-order valence-electron chi connectivity index (χ0n) is 14.3. The molecule has 1 unspecified atom stereocenters. The van der Waals surface area contributed by atoms with Gasteiger partial charge >= 0.3 is 6.03 Å². The molecular formula is C18H26FN3O2. The van der Waals surface area contributed by atoms with Crippen LogP contribution in [0.2, 0.25) is 0 Å². The first kappa shape index (κ1) is 18.4. The molecule has 3 amide bonds. The van der Waals surface area contributed by atoms with E-state index in [1.165, 1.54) is 12.5 Å². The third kappa shape index (κ3) is 5.30. The predicted molar refractivity (Wildman–Crippen MR) is 90.9 cm³/mol. The summed E-state index contributed by atoms with van der Waals surface area (Å²) in [6.45, 7) is 2.00. The highest BCUT2D eigenvalue weighted by atomic mass is 19.1. The lowest BCUT2D eigenvalue weighted by atomic mass is 9.96. The Bertz CT molecular complexity index is 573. The van der Waals surface area contributed by atoms with Crippen LogP contribution in [0.4, 0.5) is 9.18 Å². The van der Waals surface area contributed by atoms with Gasteiger partial charge in [0.2, 0.25) is 5.91 Å². The molecule has 0 spiro atoms. The van der Waals surface area contributed by atoms with E-state index in [1.807, 2.05) is 0 Å². The van der Waals surface area contributed by atoms with E-state index in [-0.39, 0.29) is 17.8 Å². The number of likely N-dealkylation sites (N-methyl/N-ethyl adjacent to an activating group) is 1. The highest BCUT2D eigenvalue weighted by Crippen LogP contribution is 2.17. The van der Waals surface area contributed by atoms with Gasteiger partial charge in [0.1, 0.15) is 5.82 Å². The lowest BCUT2D eigenvalue weighted by Crippen LogP contribution is -2.50. The molecule has 0 heterocycles.